The van der Waals surface area contributed by atoms with Gasteiger partial charge in [-0.3, -0.25) is 4.98 Å². The van der Waals surface area contributed by atoms with Crippen molar-refractivity contribution in [1.82, 2.24) is 4.98 Å². The van der Waals surface area contributed by atoms with Crippen molar-refractivity contribution >= 4 is 16.6 Å². The van der Waals surface area contributed by atoms with Crippen molar-refractivity contribution in [3.05, 3.63) is 47.5 Å². The van der Waals surface area contributed by atoms with Crippen LogP contribution in [0.2, 0.25) is 0 Å². The molecule has 1 N–H and O–H groups in total. The molecule has 0 amide bonds. The number of pyridine rings is 1. The fourth-order valence-corrected chi connectivity index (χ4v) is 1.61. The molecule has 1 aromatic carbocycles. The van der Waals surface area contributed by atoms with Gasteiger partial charge in [-0.2, -0.15) is 15.8 Å². The molecule has 0 atom stereocenters. The van der Waals surface area contributed by atoms with Gasteiger partial charge in [0.25, 0.3) is 0 Å². The highest BCUT2D eigenvalue weighted by atomic mass is 19.1. The number of hydrogen-bond acceptors (Lipinski definition) is 5. The van der Waals surface area contributed by atoms with E-state index < -0.39 is 5.82 Å². The Bertz CT molecular complexity index is 817. The molecule has 1 aromatic heterocycles. The van der Waals surface area contributed by atoms with E-state index in [1.165, 1.54) is 6.07 Å². The number of nitrogens with zero attached hydrogens (tertiary/aromatic N) is 4. The van der Waals surface area contributed by atoms with Crippen LogP contribution in [0.4, 0.5) is 10.1 Å². The fourth-order valence-electron chi connectivity index (χ4n) is 1.61. The van der Waals surface area contributed by atoms with E-state index in [9.17, 15) is 4.39 Å². The van der Waals surface area contributed by atoms with Gasteiger partial charge in [-0.15, -0.1) is 0 Å². The molecule has 0 spiro atoms. The highest BCUT2D eigenvalue weighted by Gasteiger charge is 2.07. The maximum absolute atomic E-state index is 13.1. The van der Waals surface area contributed by atoms with Crippen molar-refractivity contribution in [2.75, 3.05) is 5.32 Å². The summed E-state index contributed by atoms with van der Waals surface area (Å²) in [5.41, 5.74) is 0.591. The second-order valence-electron chi connectivity index (χ2n) is 3.77. The van der Waals surface area contributed by atoms with Crippen LogP contribution in [-0.4, -0.2) is 4.98 Å². The molecular formula is C14H6FN5. The molecule has 0 fully saturated rings. The molecule has 0 bridgehead atoms. The summed E-state index contributed by atoms with van der Waals surface area (Å²) < 4.78 is 13.1. The Morgan fingerprint density at radius 1 is 1.10 bits per heavy atom. The van der Waals surface area contributed by atoms with Crippen LogP contribution in [0.25, 0.3) is 10.9 Å². The molecule has 6 heteroatoms. The smallest absolute Gasteiger partial charge is 0.163 e. The average molecular weight is 263 g/mol. The lowest BCUT2D eigenvalue weighted by Crippen LogP contribution is -2.00. The third-order valence-electron chi connectivity index (χ3n) is 2.50. The number of benzene rings is 1. The van der Waals surface area contributed by atoms with Crippen LogP contribution in [0.5, 0.6) is 0 Å². The molecule has 0 unspecified atom stereocenters. The Kier molecular flexibility index (Phi) is 3.56. The van der Waals surface area contributed by atoms with Crippen LogP contribution >= 0.6 is 0 Å². The summed E-state index contributed by atoms with van der Waals surface area (Å²) in [4.78, 5) is 3.90. The number of rotatable bonds is 2. The highest BCUT2D eigenvalue weighted by molar-refractivity contribution is 5.82. The van der Waals surface area contributed by atoms with Gasteiger partial charge in [0.05, 0.1) is 11.7 Å². The summed E-state index contributed by atoms with van der Waals surface area (Å²) in [5, 5.41) is 29.6. The van der Waals surface area contributed by atoms with Crippen LogP contribution in [0.1, 0.15) is 0 Å². The normalized spacial score (nSPS) is 9.10. The largest absolute Gasteiger partial charge is 0.345 e. The summed E-state index contributed by atoms with van der Waals surface area (Å²) >= 11 is 0. The molecule has 0 saturated carbocycles. The number of nitrogens with one attached hydrogen (secondary N) is 1. The highest BCUT2D eigenvalue weighted by Crippen LogP contribution is 2.20. The van der Waals surface area contributed by atoms with Crippen LogP contribution in [0.15, 0.2) is 41.7 Å². The first kappa shape index (κ1) is 13.0. The van der Waals surface area contributed by atoms with Gasteiger partial charge in [0, 0.05) is 11.1 Å². The van der Waals surface area contributed by atoms with E-state index in [1.807, 2.05) is 0 Å². The zero-order valence-corrected chi connectivity index (χ0v) is 10.1. The summed E-state index contributed by atoms with van der Waals surface area (Å²) in [6.45, 7) is 0. The van der Waals surface area contributed by atoms with Gasteiger partial charge in [-0.1, -0.05) is 0 Å². The molecule has 2 aromatic rings. The first-order valence-corrected chi connectivity index (χ1v) is 5.45. The van der Waals surface area contributed by atoms with Crippen molar-refractivity contribution in [1.29, 1.82) is 15.8 Å². The SMILES string of the molecule is N#CC(C#N)=C(C#N)Nc1ccc2ncc(F)cc2c1. The van der Waals surface area contributed by atoms with Crippen molar-refractivity contribution < 1.29 is 4.39 Å². The molecule has 94 valence electrons. The fraction of sp³-hybridized carbons (Fsp3) is 0. The van der Waals surface area contributed by atoms with Crippen LogP contribution in [-0.2, 0) is 0 Å². The quantitative estimate of drug-likeness (QED) is 0.840. The summed E-state index contributed by atoms with van der Waals surface area (Å²) in [5.74, 6) is -0.472. The van der Waals surface area contributed by atoms with Gasteiger partial charge >= 0.3 is 0 Å². The van der Waals surface area contributed by atoms with Crippen molar-refractivity contribution in [3.63, 3.8) is 0 Å². The van der Waals surface area contributed by atoms with Gasteiger partial charge in [0.1, 0.15) is 29.7 Å². The molecule has 2 rings (SSSR count). The topological polar surface area (TPSA) is 96.3 Å². The predicted octanol–water partition coefficient (Wildman–Crippen LogP) is 2.61. The maximum atomic E-state index is 13.1. The van der Waals surface area contributed by atoms with Gasteiger partial charge < -0.3 is 5.32 Å². The zero-order valence-electron chi connectivity index (χ0n) is 10.1. The number of halogens is 1. The predicted molar refractivity (Wildman–Crippen MR) is 69.2 cm³/mol. The average Bonchev–Trinajstić information content (AvgIpc) is 2.46. The minimum atomic E-state index is -0.472. The van der Waals surface area contributed by atoms with E-state index in [0.29, 0.717) is 16.6 Å². The van der Waals surface area contributed by atoms with Crippen LogP contribution in [0, 0.1) is 39.8 Å². The molecule has 1 heterocycles. The number of fused-ring (bicyclic) bond motifs is 1. The van der Waals surface area contributed by atoms with Gasteiger partial charge in [0.15, 0.2) is 5.57 Å². The van der Waals surface area contributed by atoms with Crippen LogP contribution in [0.3, 0.4) is 0 Å². The number of allylic oxidation sites excluding steroid dienone is 2. The summed E-state index contributed by atoms with van der Waals surface area (Å²) in [6.07, 6.45) is 1.11. The third kappa shape index (κ3) is 2.53. The van der Waals surface area contributed by atoms with Crippen molar-refractivity contribution in [2.45, 2.75) is 0 Å². The van der Waals surface area contributed by atoms with E-state index in [2.05, 4.69) is 10.3 Å². The van der Waals surface area contributed by atoms with E-state index in [-0.39, 0.29) is 11.3 Å². The second kappa shape index (κ2) is 5.48. The zero-order chi connectivity index (χ0) is 14.5. The molecule has 0 aliphatic rings. The lowest BCUT2D eigenvalue weighted by atomic mass is 10.2. The molecule has 0 saturated heterocycles. The van der Waals surface area contributed by atoms with Crippen molar-refractivity contribution in [3.8, 4) is 18.2 Å². The van der Waals surface area contributed by atoms with E-state index in [1.54, 1.807) is 36.4 Å². The van der Waals surface area contributed by atoms with E-state index >= 15 is 0 Å². The molecule has 5 nitrogen and oxygen atoms in total. The Morgan fingerprint density at radius 3 is 2.50 bits per heavy atom. The number of hydrogen-bond donors (Lipinski definition) is 1. The first-order valence-electron chi connectivity index (χ1n) is 5.45. The van der Waals surface area contributed by atoms with E-state index in [0.717, 1.165) is 6.20 Å². The van der Waals surface area contributed by atoms with Crippen molar-refractivity contribution in [2.24, 2.45) is 0 Å². The standard InChI is InChI=1S/C14H6FN5/c15-11-3-9-4-12(1-2-13(9)19-8-11)20-14(7-18)10(5-16)6-17/h1-4,8,20H. The van der Waals surface area contributed by atoms with Gasteiger partial charge in [-0.25, -0.2) is 4.39 Å². The number of anilines is 1. The minimum Gasteiger partial charge on any atom is -0.345 e. The Balaban J connectivity index is 2.45. The molecule has 0 aliphatic carbocycles. The number of aromatic nitrogens is 1. The molecule has 0 aliphatic heterocycles. The van der Waals surface area contributed by atoms with Gasteiger partial charge in [0.2, 0.25) is 0 Å². The Hall–Kier alpha value is -3.43. The molecule has 0 radical (unpaired) electrons. The van der Waals surface area contributed by atoms with Crippen LogP contribution < -0.4 is 5.32 Å². The minimum absolute atomic E-state index is 0.154. The Morgan fingerprint density at radius 2 is 1.85 bits per heavy atom. The maximum Gasteiger partial charge on any atom is 0.163 e. The molecule has 20 heavy (non-hydrogen) atoms. The Labute approximate surface area is 113 Å². The first-order chi connectivity index (χ1) is 9.67. The third-order valence-corrected chi connectivity index (χ3v) is 2.50. The van der Waals surface area contributed by atoms with E-state index in [4.69, 9.17) is 15.8 Å². The monoisotopic (exact) mass is 263 g/mol. The molecular weight excluding hydrogens is 257 g/mol. The summed E-state index contributed by atoms with van der Waals surface area (Å²) in [6, 6.07) is 11.2. The van der Waals surface area contributed by atoms with Gasteiger partial charge in [-0.05, 0) is 24.3 Å². The lowest BCUT2D eigenvalue weighted by molar-refractivity contribution is 0.624. The second-order valence-corrected chi connectivity index (χ2v) is 3.77. The summed E-state index contributed by atoms with van der Waals surface area (Å²) in [7, 11) is 0. The number of nitriles is 3. The lowest BCUT2D eigenvalue weighted by Gasteiger charge is -2.05.